The summed E-state index contributed by atoms with van der Waals surface area (Å²) in [6.07, 6.45) is 3.41. The molecule has 1 aromatic carbocycles. The van der Waals surface area contributed by atoms with E-state index in [1.54, 1.807) is 29.4 Å². The van der Waals surface area contributed by atoms with Gasteiger partial charge < -0.3 is 10.0 Å². The van der Waals surface area contributed by atoms with Gasteiger partial charge in [0.05, 0.1) is 5.56 Å². The molecule has 0 bridgehead atoms. The lowest BCUT2D eigenvalue weighted by Gasteiger charge is -2.21. The Labute approximate surface area is 118 Å². The summed E-state index contributed by atoms with van der Waals surface area (Å²) in [6, 6.07) is 8.86. The van der Waals surface area contributed by atoms with Gasteiger partial charge in [0.1, 0.15) is 5.75 Å². The van der Waals surface area contributed by atoms with Gasteiger partial charge in [0, 0.05) is 25.5 Å². The van der Waals surface area contributed by atoms with E-state index >= 15 is 0 Å². The summed E-state index contributed by atoms with van der Waals surface area (Å²) < 4.78 is 0. The Morgan fingerprint density at radius 2 is 1.95 bits per heavy atom. The van der Waals surface area contributed by atoms with E-state index in [1.165, 1.54) is 0 Å². The van der Waals surface area contributed by atoms with E-state index in [2.05, 4.69) is 4.98 Å². The molecular formula is C16H18N2O2. The molecule has 0 spiro atoms. The number of aryl methyl sites for hydroxylation is 1. The summed E-state index contributed by atoms with van der Waals surface area (Å²) in [5.74, 6) is -0.134. The van der Waals surface area contributed by atoms with Crippen LogP contribution in [0.2, 0.25) is 0 Å². The molecule has 104 valence electrons. The fraction of sp³-hybridized carbons (Fsp3) is 0.250. The number of carbonyl (C=O) groups excluding carboxylic acids is 1. The average molecular weight is 270 g/mol. The van der Waals surface area contributed by atoms with Gasteiger partial charge in [-0.15, -0.1) is 0 Å². The molecule has 4 heteroatoms. The van der Waals surface area contributed by atoms with Crippen LogP contribution in [-0.4, -0.2) is 27.4 Å². The molecule has 0 fully saturated rings. The summed E-state index contributed by atoms with van der Waals surface area (Å²) in [5, 5.41) is 9.91. The fourth-order valence-corrected chi connectivity index (χ4v) is 2.03. The fourth-order valence-electron chi connectivity index (χ4n) is 2.03. The monoisotopic (exact) mass is 270 g/mol. The Morgan fingerprint density at radius 3 is 2.55 bits per heavy atom. The molecule has 1 amide bonds. The van der Waals surface area contributed by atoms with E-state index in [0.29, 0.717) is 18.7 Å². The van der Waals surface area contributed by atoms with Gasteiger partial charge >= 0.3 is 0 Å². The van der Waals surface area contributed by atoms with E-state index in [0.717, 1.165) is 11.1 Å². The van der Waals surface area contributed by atoms with E-state index in [-0.39, 0.29) is 11.7 Å². The Morgan fingerprint density at radius 1 is 1.25 bits per heavy atom. The number of amides is 1. The van der Waals surface area contributed by atoms with E-state index in [1.807, 2.05) is 32.0 Å². The molecule has 0 aliphatic rings. The lowest BCUT2D eigenvalue weighted by Crippen LogP contribution is -2.30. The average Bonchev–Trinajstić information content (AvgIpc) is 2.45. The van der Waals surface area contributed by atoms with Crippen LogP contribution < -0.4 is 0 Å². The molecule has 0 aliphatic carbocycles. The molecule has 0 saturated heterocycles. The SMILES string of the molecule is CCN(Cc1ccncc1)C(=O)c1ccc(C)cc1O. The number of phenols is 1. The molecule has 0 radical (unpaired) electrons. The van der Waals surface area contributed by atoms with Gasteiger partial charge in [-0.3, -0.25) is 9.78 Å². The second kappa shape index (κ2) is 6.19. The van der Waals surface area contributed by atoms with E-state index in [4.69, 9.17) is 0 Å². The van der Waals surface area contributed by atoms with Crippen molar-refractivity contribution >= 4 is 5.91 Å². The molecule has 2 aromatic rings. The minimum atomic E-state index is -0.165. The highest BCUT2D eigenvalue weighted by Gasteiger charge is 2.17. The normalized spacial score (nSPS) is 10.3. The quantitative estimate of drug-likeness (QED) is 0.929. The second-order valence-electron chi connectivity index (χ2n) is 4.70. The van der Waals surface area contributed by atoms with Crippen LogP contribution in [0.1, 0.15) is 28.4 Å². The van der Waals surface area contributed by atoms with Crippen LogP contribution in [0.5, 0.6) is 5.75 Å². The Balaban J connectivity index is 2.21. The molecule has 0 aliphatic heterocycles. The Hall–Kier alpha value is -2.36. The summed E-state index contributed by atoms with van der Waals surface area (Å²) in [7, 11) is 0. The van der Waals surface area contributed by atoms with Crippen molar-refractivity contribution in [1.82, 2.24) is 9.88 Å². The third-order valence-corrected chi connectivity index (χ3v) is 3.18. The van der Waals surface area contributed by atoms with Crippen molar-refractivity contribution in [2.24, 2.45) is 0 Å². The lowest BCUT2D eigenvalue weighted by atomic mass is 10.1. The zero-order chi connectivity index (χ0) is 14.5. The molecule has 20 heavy (non-hydrogen) atoms. The molecule has 1 aromatic heterocycles. The predicted molar refractivity (Wildman–Crippen MR) is 77.5 cm³/mol. The molecular weight excluding hydrogens is 252 g/mol. The number of hydrogen-bond donors (Lipinski definition) is 1. The minimum Gasteiger partial charge on any atom is -0.507 e. The number of hydrogen-bond acceptors (Lipinski definition) is 3. The summed E-state index contributed by atoms with van der Waals surface area (Å²) in [5.41, 5.74) is 2.28. The van der Waals surface area contributed by atoms with Crippen LogP contribution in [0, 0.1) is 6.92 Å². The van der Waals surface area contributed by atoms with Crippen LogP contribution >= 0.6 is 0 Å². The van der Waals surface area contributed by atoms with Crippen molar-refractivity contribution in [2.75, 3.05) is 6.54 Å². The molecule has 4 nitrogen and oxygen atoms in total. The summed E-state index contributed by atoms with van der Waals surface area (Å²) in [4.78, 5) is 18.1. The highest BCUT2D eigenvalue weighted by Crippen LogP contribution is 2.21. The van der Waals surface area contributed by atoms with Crippen LogP contribution in [0.3, 0.4) is 0 Å². The maximum absolute atomic E-state index is 12.5. The minimum absolute atomic E-state index is 0.0307. The zero-order valence-electron chi connectivity index (χ0n) is 11.7. The molecule has 0 saturated carbocycles. The standard InChI is InChI=1S/C16H18N2O2/c1-3-18(11-13-6-8-17-9-7-13)16(20)14-5-4-12(2)10-15(14)19/h4-10,19H,3,11H2,1-2H3. The van der Waals surface area contributed by atoms with Gasteiger partial charge in [-0.25, -0.2) is 0 Å². The molecule has 2 rings (SSSR count). The predicted octanol–water partition coefficient (Wildman–Crippen LogP) is 2.76. The van der Waals surface area contributed by atoms with Crippen LogP contribution in [0.4, 0.5) is 0 Å². The van der Waals surface area contributed by atoms with Crippen molar-refractivity contribution in [2.45, 2.75) is 20.4 Å². The highest BCUT2D eigenvalue weighted by molar-refractivity contribution is 5.96. The van der Waals surface area contributed by atoms with E-state index < -0.39 is 0 Å². The van der Waals surface area contributed by atoms with Crippen molar-refractivity contribution < 1.29 is 9.90 Å². The van der Waals surface area contributed by atoms with E-state index in [9.17, 15) is 9.90 Å². The Bertz CT molecular complexity index is 597. The summed E-state index contributed by atoms with van der Waals surface area (Å²) >= 11 is 0. The second-order valence-corrected chi connectivity index (χ2v) is 4.70. The smallest absolute Gasteiger partial charge is 0.257 e. The summed E-state index contributed by atoms with van der Waals surface area (Å²) in [6.45, 7) is 4.88. The topological polar surface area (TPSA) is 53.4 Å². The zero-order valence-corrected chi connectivity index (χ0v) is 11.7. The number of phenolic OH excluding ortho intramolecular Hbond substituents is 1. The highest BCUT2D eigenvalue weighted by atomic mass is 16.3. The van der Waals surface area contributed by atoms with Gasteiger partial charge in [0.15, 0.2) is 0 Å². The van der Waals surface area contributed by atoms with Gasteiger partial charge in [-0.05, 0) is 49.2 Å². The number of rotatable bonds is 4. The number of nitrogens with zero attached hydrogens (tertiary/aromatic N) is 2. The van der Waals surface area contributed by atoms with Crippen LogP contribution in [0.25, 0.3) is 0 Å². The number of carbonyl (C=O) groups is 1. The molecule has 1 heterocycles. The number of aromatic hydroxyl groups is 1. The first-order chi connectivity index (χ1) is 9.61. The largest absolute Gasteiger partial charge is 0.507 e. The molecule has 1 N–H and O–H groups in total. The molecule has 0 atom stereocenters. The van der Waals surface area contributed by atoms with Crippen molar-refractivity contribution in [3.8, 4) is 5.75 Å². The van der Waals surface area contributed by atoms with Gasteiger partial charge in [-0.2, -0.15) is 0 Å². The van der Waals surface area contributed by atoms with Crippen molar-refractivity contribution in [1.29, 1.82) is 0 Å². The number of pyridine rings is 1. The number of aromatic nitrogens is 1. The maximum Gasteiger partial charge on any atom is 0.257 e. The first-order valence-corrected chi connectivity index (χ1v) is 6.59. The van der Waals surface area contributed by atoms with Crippen molar-refractivity contribution in [3.05, 3.63) is 59.4 Å². The third kappa shape index (κ3) is 3.15. The van der Waals surface area contributed by atoms with Gasteiger partial charge in [-0.1, -0.05) is 6.07 Å². The third-order valence-electron chi connectivity index (χ3n) is 3.18. The van der Waals surface area contributed by atoms with Crippen LogP contribution in [-0.2, 0) is 6.54 Å². The maximum atomic E-state index is 12.5. The van der Waals surface area contributed by atoms with Crippen LogP contribution in [0.15, 0.2) is 42.7 Å². The lowest BCUT2D eigenvalue weighted by molar-refractivity contribution is 0.0749. The first-order valence-electron chi connectivity index (χ1n) is 6.59. The van der Waals surface area contributed by atoms with Crippen molar-refractivity contribution in [3.63, 3.8) is 0 Å². The van der Waals surface area contributed by atoms with Gasteiger partial charge in [0.25, 0.3) is 5.91 Å². The Kier molecular flexibility index (Phi) is 4.35. The first kappa shape index (κ1) is 14.1. The number of benzene rings is 1. The molecule has 0 unspecified atom stereocenters. The van der Waals surface area contributed by atoms with Gasteiger partial charge in [0.2, 0.25) is 0 Å².